The number of sulfonamides is 1. The maximum absolute atomic E-state index is 13.2. The van der Waals surface area contributed by atoms with Gasteiger partial charge in [0.25, 0.3) is 0 Å². The Morgan fingerprint density at radius 1 is 0.949 bits per heavy atom. The molecule has 1 saturated carbocycles. The predicted molar refractivity (Wildman–Crippen MR) is 153 cm³/mol. The van der Waals surface area contributed by atoms with E-state index < -0.39 is 10.0 Å². The summed E-state index contributed by atoms with van der Waals surface area (Å²) >= 11 is 0. The highest BCUT2D eigenvalue weighted by molar-refractivity contribution is 7.89. The van der Waals surface area contributed by atoms with E-state index >= 15 is 0 Å². The Morgan fingerprint density at radius 3 is 2.13 bits per heavy atom. The molecule has 1 amide bonds. The number of likely N-dealkylation sites (N-methyl/N-ethyl adjacent to an activating group) is 2. The highest BCUT2D eigenvalue weighted by atomic mass is 32.2. The third-order valence-electron chi connectivity index (χ3n) is 9.09. The van der Waals surface area contributed by atoms with Gasteiger partial charge in [-0.25, -0.2) is 8.42 Å². The van der Waals surface area contributed by atoms with Crippen molar-refractivity contribution in [2.45, 2.75) is 81.8 Å². The van der Waals surface area contributed by atoms with Crippen molar-refractivity contribution in [3.8, 4) is 5.75 Å². The van der Waals surface area contributed by atoms with Gasteiger partial charge in [0.2, 0.25) is 15.9 Å². The highest BCUT2D eigenvalue weighted by Crippen LogP contribution is 2.31. The highest BCUT2D eigenvalue weighted by Gasteiger charge is 2.35. The van der Waals surface area contributed by atoms with Gasteiger partial charge < -0.3 is 19.3 Å². The second-order valence-corrected chi connectivity index (χ2v) is 13.6. The number of likely N-dealkylation sites (tertiary alicyclic amines) is 2. The Bertz CT molecular complexity index is 1060. The average Bonchev–Trinajstić information content (AvgIpc) is 3.63. The van der Waals surface area contributed by atoms with Gasteiger partial charge in [0, 0.05) is 51.9 Å². The summed E-state index contributed by atoms with van der Waals surface area (Å²) in [7, 11) is 1.29. The summed E-state index contributed by atoms with van der Waals surface area (Å²) in [5, 5.41) is 0. The van der Waals surface area contributed by atoms with Crippen LogP contribution in [0.15, 0.2) is 17.0 Å². The van der Waals surface area contributed by atoms with Gasteiger partial charge in [-0.2, -0.15) is 4.31 Å². The largest absolute Gasteiger partial charge is 0.497 e. The first-order valence-electron chi connectivity index (χ1n) is 14.5. The summed E-state index contributed by atoms with van der Waals surface area (Å²) in [6, 6.07) is 5.08. The van der Waals surface area contributed by atoms with Crippen LogP contribution in [0.4, 0.5) is 0 Å². The van der Waals surface area contributed by atoms with Crippen molar-refractivity contribution in [3.63, 3.8) is 0 Å². The monoisotopic (exact) mass is 564 g/mol. The van der Waals surface area contributed by atoms with Gasteiger partial charge in [-0.15, -0.1) is 0 Å². The molecule has 2 saturated heterocycles. The molecule has 0 bridgehead atoms. The molecular weight excluding hydrogens is 516 g/mol. The zero-order valence-corrected chi connectivity index (χ0v) is 25.3. The molecule has 39 heavy (non-hydrogen) atoms. The fourth-order valence-electron chi connectivity index (χ4n) is 6.68. The second kappa shape index (κ2) is 13.3. The summed E-state index contributed by atoms with van der Waals surface area (Å²) in [5.74, 6) is 0.583. The quantitative estimate of drug-likeness (QED) is 0.382. The van der Waals surface area contributed by atoms with Crippen LogP contribution in [-0.2, 0) is 19.6 Å². The summed E-state index contributed by atoms with van der Waals surface area (Å²) in [4.78, 5) is 20.3. The lowest BCUT2D eigenvalue weighted by Crippen LogP contribution is -2.45. The van der Waals surface area contributed by atoms with Crippen LogP contribution in [0.1, 0.15) is 56.1 Å². The Morgan fingerprint density at radius 2 is 1.54 bits per heavy atom. The number of nitrogens with zero attached hydrogens (tertiary/aromatic N) is 4. The maximum Gasteiger partial charge on any atom is 0.248 e. The number of hydrogen-bond donors (Lipinski definition) is 0. The van der Waals surface area contributed by atoms with E-state index in [1.807, 2.05) is 11.9 Å². The number of amides is 1. The van der Waals surface area contributed by atoms with Crippen molar-refractivity contribution < 1.29 is 22.7 Å². The number of ether oxygens (including phenoxy) is 2. The molecule has 0 spiro atoms. The molecule has 220 valence electrons. The normalized spacial score (nSPS) is 24.9. The second-order valence-electron chi connectivity index (χ2n) is 11.6. The Labute approximate surface area is 235 Å². The predicted octanol–water partition coefficient (Wildman–Crippen LogP) is 2.89. The number of rotatable bonds is 11. The van der Waals surface area contributed by atoms with Crippen LogP contribution in [0.3, 0.4) is 0 Å². The molecule has 10 heteroatoms. The van der Waals surface area contributed by atoms with E-state index in [-0.39, 0.29) is 36.6 Å². The van der Waals surface area contributed by atoms with Gasteiger partial charge in [0.05, 0.1) is 18.6 Å². The first-order chi connectivity index (χ1) is 18.6. The SMILES string of the molecule is COc1cc(C)c(S(=O)(=O)N(C)CCOCC(=O)N(C)[C@@H]2CCN([C@H]3CC[C@H](N4CCCC4)CC3)C2)c(C)c1. The van der Waals surface area contributed by atoms with Gasteiger partial charge >= 0.3 is 0 Å². The fourth-order valence-corrected chi connectivity index (χ4v) is 8.24. The Balaban J connectivity index is 1.18. The lowest BCUT2D eigenvalue weighted by molar-refractivity contribution is -0.136. The molecule has 4 rings (SSSR count). The van der Waals surface area contributed by atoms with E-state index in [9.17, 15) is 13.2 Å². The van der Waals surface area contributed by atoms with Crippen molar-refractivity contribution in [2.75, 3.05) is 67.1 Å². The molecule has 2 heterocycles. The van der Waals surface area contributed by atoms with Crippen molar-refractivity contribution in [1.82, 2.24) is 19.0 Å². The number of aryl methyl sites for hydroxylation is 2. The van der Waals surface area contributed by atoms with Gasteiger partial charge in [-0.05, 0) is 95.1 Å². The maximum atomic E-state index is 13.2. The molecule has 0 aromatic heterocycles. The standard InChI is InChI=1S/C29H48N4O5S/c1-22-18-27(37-5)19-23(2)29(22)39(35,36)30(3)16-17-38-21-28(34)31(4)26-12-15-33(20-26)25-10-8-24(9-11-25)32-13-6-7-14-32/h18-19,24-26H,6-17,20-21H2,1-5H3/t24-,25-,26-/m1/s1. The van der Waals surface area contributed by atoms with Crippen LogP contribution in [0, 0.1) is 13.8 Å². The molecule has 0 N–H and O–H groups in total. The molecule has 9 nitrogen and oxygen atoms in total. The molecule has 2 aliphatic heterocycles. The molecule has 1 aliphatic carbocycles. The van der Waals surface area contributed by atoms with E-state index in [1.165, 1.54) is 55.9 Å². The van der Waals surface area contributed by atoms with Gasteiger partial charge in [-0.1, -0.05) is 0 Å². The Hall–Kier alpha value is -1.72. The number of carbonyl (C=O) groups excluding carboxylic acids is 1. The minimum Gasteiger partial charge on any atom is -0.497 e. The zero-order valence-electron chi connectivity index (χ0n) is 24.5. The molecule has 3 fully saturated rings. The lowest BCUT2D eigenvalue weighted by atomic mass is 9.89. The molecule has 1 aromatic rings. The third-order valence-corrected chi connectivity index (χ3v) is 11.3. The molecule has 0 radical (unpaired) electrons. The smallest absolute Gasteiger partial charge is 0.248 e. The van der Waals surface area contributed by atoms with E-state index in [0.717, 1.165) is 25.6 Å². The van der Waals surface area contributed by atoms with Crippen LogP contribution >= 0.6 is 0 Å². The van der Waals surface area contributed by atoms with Crippen LogP contribution in [0.5, 0.6) is 5.75 Å². The van der Waals surface area contributed by atoms with Crippen molar-refractivity contribution in [2.24, 2.45) is 0 Å². The fraction of sp³-hybridized carbons (Fsp3) is 0.759. The molecule has 0 unspecified atom stereocenters. The number of hydrogen-bond acceptors (Lipinski definition) is 7. The van der Waals surface area contributed by atoms with E-state index in [4.69, 9.17) is 9.47 Å². The third kappa shape index (κ3) is 7.14. The number of methoxy groups -OCH3 is 1. The first-order valence-corrected chi connectivity index (χ1v) is 16.0. The molecular formula is C29H48N4O5S. The topological polar surface area (TPSA) is 82.6 Å². The Kier molecular flexibility index (Phi) is 10.3. The summed E-state index contributed by atoms with van der Waals surface area (Å²) in [6.07, 6.45) is 8.84. The lowest BCUT2D eigenvalue weighted by Gasteiger charge is -2.38. The molecule has 3 aliphatic rings. The first kappa shape index (κ1) is 30.2. The van der Waals surface area contributed by atoms with Gasteiger partial charge in [0.15, 0.2) is 0 Å². The zero-order chi connectivity index (χ0) is 28.2. The number of carbonyl (C=O) groups is 1. The summed E-state index contributed by atoms with van der Waals surface area (Å²) in [6.45, 7) is 8.37. The van der Waals surface area contributed by atoms with Crippen LogP contribution in [0.2, 0.25) is 0 Å². The summed E-state index contributed by atoms with van der Waals surface area (Å²) in [5.41, 5.74) is 1.28. The van der Waals surface area contributed by atoms with E-state index in [1.54, 1.807) is 40.1 Å². The minimum absolute atomic E-state index is 0.0393. The van der Waals surface area contributed by atoms with Crippen LogP contribution in [-0.4, -0.2) is 119 Å². The van der Waals surface area contributed by atoms with E-state index in [0.29, 0.717) is 22.9 Å². The molecule has 1 aromatic carbocycles. The summed E-state index contributed by atoms with van der Waals surface area (Å²) < 4.78 is 38.5. The van der Waals surface area contributed by atoms with Crippen molar-refractivity contribution >= 4 is 15.9 Å². The van der Waals surface area contributed by atoms with Crippen molar-refractivity contribution in [1.29, 1.82) is 0 Å². The van der Waals surface area contributed by atoms with Crippen molar-refractivity contribution in [3.05, 3.63) is 23.3 Å². The van der Waals surface area contributed by atoms with Gasteiger partial charge in [-0.3, -0.25) is 9.69 Å². The van der Waals surface area contributed by atoms with Gasteiger partial charge in [0.1, 0.15) is 12.4 Å². The average molecular weight is 565 g/mol. The van der Waals surface area contributed by atoms with Crippen LogP contribution in [0.25, 0.3) is 0 Å². The minimum atomic E-state index is -3.69. The van der Waals surface area contributed by atoms with Crippen LogP contribution < -0.4 is 4.74 Å². The molecule has 1 atom stereocenters. The number of benzene rings is 1. The van der Waals surface area contributed by atoms with E-state index in [2.05, 4.69) is 9.80 Å².